The van der Waals surface area contributed by atoms with Gasteiger partial charge in [0.2, 0.25) is 0 Å². The first kappa shape index (κ1) is 19.6. The topological polar surface area (TPSA) is 45.2 Å². The molecule has 2 fully saturated rings. The fraction of sp³-hybridized carbons (Fsp3) is 0.714. The van der Waals surface area contributed by atoms with E-state index in [-0.39, 0.29) is 11.7 Å². The fourth-order valence-corrected chi connectivity index (χ4v) is 4.06. The third-order valence-corrected chi connectivity index (χ3v) is 5.69. The van der Waals surface area contributed by atoms with E-state index in [0.29, 0.717) is 0 Å². The van der Waals surface area contributed by atoms with Crippen LogP contribution in [0.25, 0.3) is 0 Å². The van der Waals surface area contributed by atoms with Crippen LogP contribution in [0.1, 0.15) is 37.7 Å². The summed E-state index contributed by atoms with van der Waals surface area (Å²) >= 11 is 0. The monoisotopic (exact) mass is 362 g/mol. The molecule has 0 radical (unpaired) electrons. The Kier molecular flexibility index (Phi) is 6.92. The van der Waals surface area contributed by atoms with Gasteiger partial charge in [-0.05, 0) is 52.3 Å². The highest BCUT2D eigenvalue weighted by Crippen LogP contribution is 2.36. The molecule has 1 N–H and O–H groups in total. The normalized spacial score (nSPS) is 23.5. The Morgan fingerprint density at radius 3 is 2.77 bits per heavy atom. The van der Waals surface area contributed by atoms with E-state index in [9.17, 15) is 5.11 Å². The molecule has 1 aromatic rings. The van der Waals surface area contributed by atoms with Gasteiger partial charge in [-0.25, -0.2) is 0 Å². The van der Waals surface area contributed by atoms with Gasteiger partial charge in [-0.2, -0.15) is 0 Å². The molecule has 5 nitrogen and oxygen atoms in total. The minimum absolute atomic E-state index is 0.295. The van der Waals surface area contributed by atoms with Crippen LogP contribution in [0.2, 0.25) is 0 Å². The zero-order valence-corrected chi connectivity index (χ0v) is 16.3. The van der Waals surface area contributed by atoms with Gasteiger partial charge >= 0.3 is 0 Å². The molecule has 5 heteroatoms. The van der Waals surface area contributed by atoms with Crippen LogP contribution in [0.15, 0.2) is 24.3 Å². The molecule has 146 valence electrons. The van der Waals surface area contributed by atoms with Crippen LogP contribution >= 0.6 is 0 Å². The number of rotatable bonds is 7. The maximum Gasteiger partial charge on any atom is 0.123 e. The maximum atomic E-state index is 10.4. The van der Waals surface area contributed by atoms with Gasteiger partial charge in [-0.15, -0.1) is 0 Å². The van der Waals surface area contributed by atoms with Crippen LogP contribution in [0, 0.1) is 0 Å². The molecule has 2 aliphatic rings. The van der Waals surface area contributed by atoms with Gasteiger partial charge in [0.15, 0.2) is 0 Å². The van der Waals surface area contributed by atoms with E-state index in [1.54, 1.807) is 0 Å². The molecule has 2 saturated heterocycles. The number of aliphatic hydroxyl groups excluding tert-OH is 1. The van der Waals surface area contributed by atoms with Crippen molar-refractivity contribution < 1.29 is 14.6 Å². The van der Waals surface area contributed by atoms with Crippen molar-refractivity contribution in [1.82, 2.24) is 9.80 Å². The molecule has 26 heavy (non-hydrogen) atoms. The first-order valence-corrected chi connectivity index (χ1v) is 9.99. The van der Waals surface area contributed by atoms with E-state index < -0.39 is 0 Å². The smallest absolute Gasteiger partial charge is 0.123 e. The van der Waals surface area contributed by atoms with Gasteiger partial charge in [0.25, 0.3) is 0 Å². The first-order valence-electron chi connectivity index (χ1n) is 9.99. The fourth-order valence-electron chi connectivity index (χ4n) is 4.06. The van der Waals surface area contributed by atoms with Gasteiger partial charge in [0.1, 0.15) is 5.75 Å². The Morgan fingerprint density at radius 2 is 2.04 bits per heavy atom. The molecule has 1 spiro atoms. The summed E-state index contributed by atoms with van der Waals surface area (Å²) in [5.41, 5.74) is 0.954. The molecular weight excluding hydrogens is 328 g/mol. The van der Waals surface area contributed by atoms with Gasteiger partial charge in [0, 0.05) is 38.3 Å². The SMILES string of the molecule is CN(C)CCCOc1ccccc1CN1CCC2(CC1)OCCCC2O. The zero-order valence-electron chi connectivity index (χ0n) is 16.3. The van der Waals surface area contributed by atoms with Gasteiger partial charge < -0.3 is 19.5 Å². The number of hydrogen-bond donors (Lipinski definition) is 1. The number of nitrogens with zero attached hydrogens (tertiary/aromatic N) is 2. The van der Waals surface area contributed by atoms with Crippen molar-refractivity contribution in [2.45, 2.75) is 50.4 Å². The Balaban J connectivity index is 1.52. The summed E-state index contributed by atoms with van der Waals surface area (Å²) in [6.07, 6.45) is 4.42. The lowest BCUT2D eigenvalue weighted by atomic mass is 9.82. The van der Waals surface area contributed by atoms with Crippen molar-refractivity contribution in [2.24, 2.45) is 0 Å². The van der Waals surface area contributed by atoms with E-state index in [2.05, 4.69) is 42.1 Å². The summed E-state index contributed by atoms with van der Waals surface area (Å²) < 4.78 is 12.1. The van der Waals surface area contributed by atoms with Crippen molar-refractivity contribution in [3.05, 3.63) is 29.8 Å². The summed E-state index contributed by atoms with van der Waals surface area (Å²) in [5.74, 6) is 1.00. The van der Waals surface area contributed by atoms with E-state index >= 15 is 0 Å². The molecule has 1 atom stereocenters. The number of likely N-dealkylation sites (tertiary alicyclic amines) is 1. The predicted octanol–water partition coefficient (Wildman–Crippen LogP) is 2.52. The van der Waals surface area contributed by atoms with Crippen molar-refractivity contribution in [3.8, 4) is 5.75 Å². The highest BCUT2D eigenvalue weighted by molar-refractivity contribution is 5.33. The number of piperidine rings is 1. The molecule has 0 aromatic heterocycles. The largest absolute Gasteiger partial charge is 0.493 e. The van der Waals surface area contributed by atoms with Gasteiger partial charge in [0.05, 0.1) is 18.3 Å². The van der Waals surface area contributed by atoms with E-state index in [0.717, 1.165) is 77.2 Å². The molecule has 0 saturated carbocycles. The quantitative estimate of drug-likeness (QED) is 0.755. The Hall–Kier alpha value is -1.14. The third kappa shape index (κ3) is 4.97. The van der Waals surface area contributed by atoms with Crippen molar-refractivity contribution in [1.29, 1.82) is 0 Å². The molecule has 1 aromatic carbocycles. The molecule has 0 amide bonds. The Labute approximate surface area is 157 Å². The van der Waals surface area contributed by atoms with Crippen molar-refractivity contribution in [3.63, 3.8) is 0 Å². The molecule has 0 bridgehead atoms. The summed E-state index contributed by atoms with van der Waals surface area (Å²) in [7, 11) is 4.17. The molecule has 2 heterocycles. The number of benzene rings is 1. The first-order chi connectivity index (χ1) is 12.6. The zero-order chi connectivity index (χ0) is 18.4. The number of ether oxygens (including phenoxy) is 2. The molecule has 2 aliphatic heterocycles. The number of para-hydroxylation sites is 1. The minimum atomic E-state index is -0.300. The summed E-state index contributed by atoms with van der Waals surface area (Å²) in [4.78, 5) is 4.64. The predicted molar refractivity (Wildman–Crippen MR) is 104 cm³/mol. The van der Waals surface area contributed by atoms with E-state index in [1.165, 1.54) is 5.56 Å². The van der Waals surface area contributed by atoms with Crippen molar-refractivity contribution in [2.75, 3.05) is 46.9 Å². The average Bonchev–Trinajstić information content (AvgIpc) is 2.64. The van der Waals surface area contributed by atoms with E-state index in [4.69, 9.17) is 9.47 Å². The van der Waals surface area contributed by atoms with Gasteiger partial charge in [-0.3, -0.25) is 4.90 Å². The van der Waals surface area contributed by atoms with E-state index in [1.807, 2.05) is 6.07 Å². The lowest BCUT2D eigenvalue weighted by molar-refractivity contribution is -0.177. The molecule has 1 unspecified atom stereocenters. The summed E-state index contributed by atoms with van der Waals surface area (Å²) in [5, 5.41) is 10.4. The third-order valence-electron chi connectivity index (χ3n) is 5.69. The highest BCUT2D eigenvalue weighted by Gasteiger charge is 2.43. The molecule has 3 rings (SSSR count). The molecular formula is C21H34N2O3. The number of hydrogen-bond acceptors (Lipinski definition) is 5. The maximum absolute atomic E-state index is 10.4. The Bertz CT molecular complexity index is 556. The summed E-state index contributed by atoms with van der Waals surface area (Å²) in [6, 6.07) is 8.37. The number of aliphatic hydroxyl groups is 1. The van der Waals surface area contributed by atoms with Crippen molar-refractivity contribution >= 4 is 0 Å². The van der Waals surface area contributed by atoms with Crippen LogP contribution in [-0.4, -0.2) is 73.6 Å². The van der Waals surface area contributed by atoms with Crippen LogP contribution in [-0.2, 0) is 11.3 Å². The van der Waals surface area contributed by atoms with Crippen LogP contribution in [0.4, 0.5) is 0 Å². The second kappa shape index (κ2) is 9.18. The second-order valence-electron chi connectivity index (χ2n) is 7.96. The second-order valence-corrected chi connectivity index (χ2v) is 7.96. The minimum Gasteiger partial charge on any atom is -0.493 e. The standard InChI is InChI=1S/C21H34N2O3/c1-22(2)12-6-15-25-19-8-4-3-7-18(19)17-23-13-10-21(11-14-23)20(24)9-5-16-26-21/h3-4,7-8,20,24H,5-6,9-17H2,1-2H3. The lowest BCUT2D eigenvalue weighted by Crippen LogP contribution is -2.55. The van der Waals surface area contributed by atoms with Crippen LogP contribution in [0.3, 0.4) is 0 Å². The van der Waals surface area contributed by atoms with Crippen LogP contribution < -0.4 is 4.74 Å². The molecule has 0 aliphatic carbocycles. The lowest BCUT2D eigenvalue weighted by Gasteiger charge is -2.46. The van der Waals surface area contributed by atoms with Crippen LogP contribution in [0.5, 0.6) is 5.75 Å². The Morgan fingerprint density at radius 1 is 1.27 bits per heavy atom. The average molecular weight is 363 g/mol. The highest BCUT2D eigenvalue weighted by atomic mass is 16.5. The summed E-state index contributed by atoms with van der Waals surface area (Å²) in [6.45, 7) is 5.41. The van der Waals surface area contributed by atoms with Gasteiger partial charge in [-0.1, -0.05) is 18.2 Å².